The minimum atomic E-state index is -0.948. The van der Waals surface area contributed by atoms with E-state index in [0.29, 0.717) is 40.1 Å². The van der Waals surface area contributed by atoms with E-state index in [1.165, 1.54) is 29.4 Å². The van der Waals surface area contributed by atoms with Crippen molar-refractivity contribution in [3.05, 3.63) is 95.3 Å². The van der Waals surface area contributed by atoms with Crippen LogP contribution in [0.4, 0.5) is 5.13 Å². The molecule has 0 fully saturated rings. The van der Waals surface area contributed by atoms with Crippen LogP contribution in [0.15, 0.2) is 84.1 Å². The lowest BCUT2D eigenvalue weighted by Crippen LogP contribution is -2.30. The van der Waals surface area contributed by atoms with Crippen molar-refractivity contribution >= 4 is 44.5 Å². The number of rotatable bonds is 11. The van der Waals surface area contributed by atoms with Gasteiger partial charge in [0, 0.05) is 0 Å². The van der Waals surface area contributed by atoms with E-state index in [1.54, 1.807) is 43.5 Å². The Kier molecular flexibility index (Phi) is 8.35. The molecule has 1 aromatic heterocycles. The van der Waals surface area contributed by atoms with E-state index in [2.05, 4.69) is 11.9 Å². The van der Waals surface area contributed by atoms with Crippen molar-refractivity contribution in [2.45, 2.75) is 25.8 Å². The molecule has 1 atom stereocenters. The smallest absolute Gasteiger partial charge is 0.296 e. The van der Waals surface area contributed by atoms with Crippen LogP contribution in [0.2, 0.25) is 0 Å². The standard InChI is InChI=1S/C32H30N2O6S/c1-4-5-17-40-25-16-12-21(18-26(25)39-3)29-28(24(35)15-11-20-9-7-6-8-10-20)30(36)31(37)34(29)32-33-23-14-13-22(38-2)19-27(23)41-32/h6-16,18-19,29,36H,4-5,17H2,1-3H3/b15-11+. The molecule has 9 heteroatoms. The van der Waals surface area contributed by atoms with Gasteiger partial charge in [-0.2, -0.15) is 0 Å². The van der Waals surface area contributed by atoms with Crippen molar-refractivity contribution in [2.24, 2.45) is 0 Å². The lowest BCUT2D eigenvalue weighted by Gasteiger charge is -2.25. The van der Waals surface area contributed by atoms with Crippen LogP contribution in [-0.2, 0) is 9.59 Å². The molecular weight excluding hydrogens is 540 g/mol. The Labute approximate surface area is 242 Å². The maximum atomic E-state index is 13.6. The summed E-state index contributed by atoms with van der Waals surface area (Å²) in [5.41, 5.74) is 2.00. The number of fused-ring (bicyclic) bond motifs is 1. The topological polar surface area (TPSA) is 98.2 Å². The monoisotopic (exact) mass is 570 g/mol. The number of nitrogens with zero attached hydrogens (tertiary/aromatic N) is 2. The number of ether oxygens (including phenoxy) is 3. The fourth-order valence-electron chi connectivity index (χ4n) is 4.62. The van der Waals surface area contributed by atoms with Crippen LogP contribution in [0, 0.1) is 0 Å². The number of carbonyl (C=O) groups is 2. The molecule has 5 rings (SSSR count). The van der Waals surface area contributed by atoms with Gasteiger partial charge in [0.25, 0.3) is 5.91 Å². The van der Waals surface area contributed by atoms with Crippen molar-refractivity contribution in [1.82, 2.24) is 4.98 Å². The van der Waals surface area contributed by atoms with E-state index in [1.807, 2.05) is 36.4 Å². The normalized spacial score (nSPS) is 15.2. The summed E-state index contributed by atoms with van der Waals surface area (Å²) in [5, 5.41) is 11.4. The van der Waals surface area contributed by atoms with Crippen LogP contribution in [0.5, 0.6) is 17.2 Å². The van der Waals surface area contributed by atoms with Crippen LogP contribution >= 0.6 is 11.3 Å². The number of amides is 1. The fourth-order valence-corrected chi connectivity index (χ4v) is 5.64. The van der Waals surface area contributed by atoms with Crippen molar-refractivity contribution < 1.29 is 28.9 Å². The number of aromatic nitrogens is 1. The summed E-state index contributed by atoms with van der Waals surface area (Å²) in [6, 6.07) is 19.1. The Hall–Kier alpha value is -4.63. The Balaban J connectivity index is 1.60. The van der Waals surface area contributed by atoms with Crippen molar-refractivity contribution in [1.29, 1.82) is 0 Å². The number of hydrogen-bond acceptors (Lipinski definition) is 8. The molecule has 1 aliphatic rings. The van der Waals surface area contributed by atoms with Gasteiger partial charge in [0.15, 0.2) is 28.2 Å². The molecule has 41 heavy (non-hydrogen) atoms. The molecule has 1 amide bonds. The summed E-state index contributed by atoms with van der Waals surface area (Å²) in [6.45, 7) is 2.61. The van der Waals surface area contributed by atoms with Gasteiger partial charge < -0.3 is 19.3 Å². The van der Waals surface area contributed by atoms with Crippen LogP contribution in [0.1, 0.15) is 36.9 Å². The van der Waals surface area contributed by atoms with Crippen LogP contribution < -0.4 is 19.1 Å². The molecule has 1 unspecified atom stereocenters. The number of anilines is 1. The van der Waals surface area contributed by atoms with Gasteiger partial charge >= 0.3 is 0 Å². The number of ketones is 1. The molecule has 0 bridgehead atoms. The van der Waals surface area contributed by atoms with Gasteiger partial charge in [-0.15, -0.1) is 0 Å². The van der Waals surface area contributed by atoms with E-state index in [4.69, 9.17) is 14.2 Å². The average Bonchev–Trinajstić information content (AvgIpc) is 3.54. The van der Waals surface area contributed by atoms with E-state index in [9.17, 15) is 14.7 Å². The predicted octanol–water partition coefficient (Wildman–Crippen LogP) is 6.67. The van der Waals surface area contributed by atoms with Gasteiger partial charge in [0.2, 0.25) is 0 Å². The molecule has 0 radical (unpaired) electrons. The van der Waals surface area contributed by atoms with E-state index >= 15 is 0 Å². The molecule has 1 aliphatic heterocycles. The van der Waals surface area contributed by atoms with Gasteiger partial charge in [0.1, 0.15) is 5.75 Å². The summed E-state index contributed by atoms with van der Waals surface area (Å²) < 4.78 is 17.6. The highest BCUT2D eigenvalue weighted by atomic mass is 32.1. The number of methoxy groups -OCH3 is 2. The Bertz CT molecular complexity index is 1640. The highest BCUT2D eigenvalue weighted by Crippen LogP contribution is 2.45. The van der Waals surface area contributed by atoms with Crippen LogP contribution in [0.3, 0.4) is 0 Å². The van der Waals surface area contributed by atoms with Crippen molar-refractivity contribution in [3.8, 4) is 17.2 Å². The fraction of sp³-hybridized carbons (Fsp3) is 0.219. The number of aliphatic hydroxyl groups excluding tert-OH is 1. The lowest BCUT2D eigenvalue weighted by atomic mass is 9.95. The number of unbranched alkanes of at least 4 members (excludes halogenated alkanes) is 1. The maximum absolute atomic E-state index is 13.6. The van der Waals surface area contributed by atoms with Crippen LogP contribution in [0.25, 0.3) is 16.3 Å². The summed E-state index contributed by atoms with van der Waals surface area (Å²) in [4.78, 5) is 33.3. The van der Waals surface area contributed by atoms with E-state index in [0.717, 1.165) is 23.1 Å². The molecular formula is C32H30N2O6S. The number of carbonyl (C=O) groups excluding carboxylic acids is 2. The summed E-state index contributed by atoms with van der Waals surface area (Å²) in [7, 11) is 3.11. The molecule has 4 aromatic rings. The van der Waals surface area contributed by atoms with Gasteiger partial charge in [-0.05, 0) is 54.0 Å². The van der Waals surface area contributed by atoms with Gasteiger partial charge in [-0.1, -0.05) is 67.2 Å². The first-order valence-corrected chi connectivity index (χ1v) is 14.1. The molecule has 8 nitrogen and oxygen atoms in total. The van der Waals surface area contributed by atoms with E-state index < -0.39 is 23.5 Å². The molecule has 0 saturated heterocycles. The number of allylic oxidation sites excluding steroid dienone is 1. The predicted molar refractivity (Wildman–Crippen MR) is 160 cm³/mol. The molecule has 2 heterocycles. The number of thiazole rings is 1. The highest BCUT2D eigenvalue weighted by molar-refractivity contribution is 7.22. The minimum Gasteiger partial charge on any atom is -0.503 e. The molecule has 0 saturated carbocycles. The third-order valence-electron chi connectivity index (χ3n) is 6.75. The van der Waals surface area contributed by atoms with Gasteiger partial charge in [-0.25, -0.2) is 4.98 Å². The average molecular weight is 571 g/mol. The molecule has 3 aromatic carbocycles. The highest BCUT2D eigenvalue weighted by Gasteiger charge is 2.45. The Morgan fingerprint density at radius 3 is 2.59 bits per heavy atom. The second kappa shape index (κ2) is 12.3. The largest absolute Gasteiger partial charge is 0.503 e. The number of benzene rings is 3. The quantitative estimate of drug-likeness (QED) is 0.159. The SMILES string of the molecule is CCCCOc1ccc(C2C(C(=O)/C=C/c3ccccc3)=C(O)C(=O)N2c2nc3ccc(OC)cc3s2)cc1OC. The first kappa shape index (κ1) is 27.9. The van der Waals surface area contributed by atoms with Gasteiger partial charge in [0.05, 0.1) is 42.7 Å². The zero-order valence-electron chi connectivity index (χ0n) is 23.0. The zero-order valence-corrected chi connectivity index (χ0v) is 23.8. The van der Waals surface area contributed by atoms with Crippen molar-refractivity contribution in [2.75, 3.05) is 25.7 Å². The molecule has 0 aliphatic carbocycles. The van der Waals surface area contributed by atoms with Crippen molar-refractivity contribution in [3.63, 3.8) is 0 Å². The first-order valence-electron chi connectivity index (χ1n) is 13.2. The Morgan fingerprint density at radius 2 is 1.85 bits per heavy atom. The lowest BCUT2D eigenvalue weighted by molar-refractivity contribution is -0.117. The van der Waals surface area contributed by atoms with Crippen LogP contribution in [-0.4, -0.2) is 42.6 Å². The van der Waals surface area contributed by atoms with E-state index in [-0.39, 0.29) is 5.57 Å². The van der Waals surface area contributed by atoms with Gasteiger partial charge in [-0.3, -0.25) is 14.5 Å². The number of hydrogen-bond donors (Lipinski definition) is 1. The molecule has 1 N–H and O–H groups in total. The second-order valence-electron chi connectivity index (χ2n) is 9.39. The minimum absolute atomic E-state index is 0.0410. The molecule has 210 valence electrons. The third-order valence-corrected chi connectivity index (χ3v) is 7.77. The summed E-state index contributed by atoms with van der Waals surface area (Å²) in [6.07, 6.45) is 4.90. The zero-order chi connectivity index (χ0) is 28.9. The number of aliphatic hydroxyl groups is 1. The Morgan fingerprint density at radius 1 is 1.05 bits per heavy atom. The molecule has 0 spiro atoms. The summed E-state index contributed by atoms with van der Waals surface area (Å²) >= 11 is 1.27. The first-order chi connectivity index (χ1) is 19.9. The summed E-state index contributed by atoms with van der Waals surface area (Å²) in [5.74, 6) is -0.146. The second-order valence-corrected chi connectivity index (χ2v) is 10.4. The maximum Gasteiger partial charge on any atom is 0.296 e. The third kappa shape index (κ3) is 5.67.